The van der Waals surface area contributed by atoms with Crippen LogP contribution in [-0.2, 0) is 0 Å². The lowest BCUT2D eigenvalue weighted by Gasteiger charge is -1.96. The van der Waals surface area contributed by atoms with E-state index in [1.807, 2.05) is 30.3 Å². The minimum Gasteiger partial charge on any atom is -0.399 e. The summed E-state index contributed by atoms with van der Waals surface area (Å²) in [6.07, 6.45) is 0. The Morgan fingerprint density at radius 2 is 2.29 bits per heavy atom. The first kappa shape index (κ1) is 8.73. The Labute approximate surface area is 85.4 Å². The molecule has 0 saturated carbocycles. The molecular weight excluding hydrogens is 194 g/mol. The van der Waals surface area contributed by atoms with E-state index in [1.165, 1.54) is 11.3 Å². The maximum Gasteiger partial charge on any atom is 0.152 e. The van der Waals surface area contributed by atoms with Crippen LogP contribution in [-0.4, -0.2) is 4.98 Å². The molecule has 1 aromatic heterocycles. The molecule has 0 bridgehead atoms. The summed E-state index contributed by atoms with van der Waals surface area (Å²) in [5, 5.41) is 11.2. The van der Waals surface area contributed by atoms with Crippen molar-refractivity contribution < 1.29 is 0 Å². The standard InChI is InChI=1S/C10H7N3S/c11-5-9-6-14-10(13-9)7-2-1-3-8(12)4-7/h1-4,6H,12H2. The van der Waals surface area contributed by atoms with Crippen LogP contribution in [0.5, 0.6) is 0 Å². The number of hydrogen-bond acceptors (Lipinski definition) is 4. The van der Waals surface area contributed by atoms with Crippen LogP contribution < -0.4 is 5.73 Å². The molecule has 0 unspecified atom stereocenters. The van der Waals surface area contributed by atoms with Gasteiger partial charge in [0.25, 0.3) is 0 Å². The number of rotatable bonds is 1. The number of thiazole rings is 1. The number of anilines is 1. The van der Waals surface area contributed by atoms with Crippen molar-refractivity contribution in [3.8, 4) is 16.6 Å². The molecule has 2 rings (SSSR count). The van der Waals surface area contributed by atoms with Crippen molar-refractivity contribution in [2.24, 2.45) is 0 Å². The number of nitrogens with two attached hydrogens (primary N) is 1. The Morgan fingerprint density at radius 1 is 1.43 bits per heavy atom. The van der Waals surface area contributed by atoms with Crippen LogP contribution in [0.3, 0.4) is 0 Å². The molecule has 0 radical (unpaired) electrons. The number of benzene rings is 1. The van der Waals surface area contributed by atoms with Gasteiger partial charge < -0.3 is 5.73 Å². The molecule has 14 heavy (non-hydrogen) atoms. The van der Waals surface area contributed by atoms with Gasteiger partial charge in [0, 0.05) is 16.6 Å². The lowest BCUT2D eigenvalue weighted by atomic mass is 10.2. The van der Waals surface area contributed by atoms with E-state index in [4.69, 9.17) is 11.0 Å². The third-order valence-electron chi connectivity index (χ3n) is 1.75. The largest absolute Gasteiger partial charge is 0.399 e. The second-order valence-electron chi connectivity index (χ2n) is 2.78. The highest BCUT2D eigenvalue weighted by Crippen LogP contribution is 2.24. The molecule has 1 heterocycles. The lowest BCUT2D eigenvalue weighted by molar-refractivity contribution is 1.33. The average molecular weight is 201 g/mol. The van der Waals surface area contributed by atoms with E-state index in [0.717, 1.165) is 10.6 Å². The Kier molecular flexibility index (Phi) is 2.17. The third-order valence-corrected chi connectivity index (χ3v) is 2.64. The summed E-state index contributed by atoms with van der Waals surface area (Å²) in [6, 6.07) is 9.47. The lowest BCUT2D eigenvalue weighted by Crippen LogP contribution is -1.84. The second-order valence-corrected chi connectivity index (χ2v) is 3.63. The van der Waals surface area contributed by atoms with Crippen molar-refractivity contribution in [1.82, 2.24) is 4.98 Å². The van der Waals surface area contributed by atoms with E-state index in [9.17, 15) is 0 Å². The maximum atomic E-state index is 8.62. The number of nitrogen functional groups attached to an aromatic ring is 1. The molecular formula is C10H7N3S. The van der Waals surface area contributed by atoms with E-state index in [0.29, 0.717) is 11.4 Å². The van der Waals surface area contributed by atoms with Gasteiger partial charge in [-0.3, -0.25) is 0 Å². The van der Waals surface area contributed by atoms with Gasteiger partial charge >= 0.3 is 0 Å². The Hall–Kier alpha value is -1.86. The van der Waals surface area contributed by atoms with Crippen molar-refractivity contribution >= 4 is 17.0 Å². The molecule has 0 amide bonds. The van der Waals surface area contributed by atoms with Crippen LogP contribution in [0.15, 0.2) is 29.6 Å². The number of aromatic nitrogens is 1. The molecule has 0 atom stereocenters. The van der Waals surface area contributed by atoms with Crippen LogP contribution >= 0.6 is 11.3 Å². The zero-order chi connectivity index (χ0) is 9.97. The van der Waals surface area contributed by atoms with Gasteiger partial charge in [-0.05, 0) is 12.1 Å². The monoisotopic (exact) mass is 201 g/mol. The molecule has 0 aliphatic carbocycles. The minimum absolute atomic E-state index is 0.451. The Morgan fingerprint density at radius 3 is 2.93 bits per heavy atom. The quantitative estimate of drug-likeness (QED) is 0.720. The van der Waals surface area contributed by atoms with Gasteiger partial charge in [0.1, 0.15) is 11.1 Å². The third kappa shape index (κ3) is 1.58. The fourth-order valence-corrected chi connectivity index (χ4v) is 1.87. The number of nitrogens with zero attached hydrogens (tertiary/aromatic N) is 2. The first-order valence-corrected chi connectivity index (χ1v) is 4.89. The summed E-state index contributed by atoms with van der Waals surface area (Å²) in [5.74, 6) is 0. The Bertz CT molecular complexity index is 496. The molecule has 0 fully saturated rings. The zero-order valence-corrected chi connectivity index (χ0v) is 8.08. The molecule has 2 N–H and O–H groups in total. The highest BCUT2D eigenvalue weighted by atomic mass is 32.1. The summed E-state index contributed by atoms with van der Waals surface area (Å²) in [6.45, 7) is 0. The van der Waals surface area contributed by atoms with Gasteiger partial charge in [-0.15, -0.1) is 11.3 Å². The van der Waals surface area contributed by atoms with Gasteiger partial charge in [0.15, 0.2) is 5.69 Å². The van der Waals surface area contributed by atoms with Crippen molar-refractivity contribution in [2.45, 2.75) is 0 Å². The fraction of sp³-hybridized carbons (Fsp3) is 0. The number of hydrogen-bond donors (Lipinski definition) is 1. The predicted octanol–water partition coefficient (Wildman–Crippen LogP) is 2.26. The van der Waals surface area contributed by atoms with E-state index in [-0.39, 0.29) is 0 Å². The van der Waals surface area contributed by atoms with E-state index in [1.54, 1.807) is 5.38 Å². The highest BCUT2D eigenvalue weighted by Gasteiger charge is 2.03. The fourth-order valence-electron chi connectivity index (χ4n) is 1.13. The zero-order valence-electron chi connectivity index (χ0n) is 7.27. The average Bonchev–Trinajstić information content (AvgIpc) is 2.66. The summed E-state index contributed by atoms with van der Waals surface area (Å²) in [4.78, 5) is 4.14. The SMILES string of the molecule is N#Cc1csc(-c2cccc(N)c2)n1. The highest BCUT2D eigenvalue weighted by molar-refractivity contribution is 7.13. The predicted molar refractivity (Wildman–Crippen MR) is 56.7 cm³/mol. The summed E-state index contributed by atoms with van der Waals surface area (Å²) in [5.41, 5.74) is 7.76. The molecule has 0 saturated heterocycles. The smallest absolute Gasteiger partial charge is 0.152 e. The second kappa shape index (κ2) is 3.48. The van der Waals surface area contributed by atoms with Crippen molar-refractivity contribution in [3.05, 3.63) is 35.3 Å². The normalized spacial score (nSPS) is 9.64. The van der Waals surface area contributed by atoms with E-state index < -0.39 is 0 Å². The molecule has 0 aliphatic rings. The van der Waals surface area contributed by atoms with Gasteiger partial charge in [0.2, 0.25) is 0 Å². The first-order chi connectivity index (χ1) is 6.79. The topological polar surface area (TPSA) is 62.7 Å². The van der Waals surface area contributed by atoms with Crippen LogP contribution in [0.4, 0.5) is 5.69 Å². The van der Waals surface area contributed by atoms with Gasteiger partial charge in [-0.2, -0.15) is 5.26 Å². The molecule has 0 aliphatic heterocycles. The molecule has 0 spiro atoms. The minimum atomic E-state index is 0.451. The van der Waals surface area contributed by atoms with E-state index in [2.05, 4.69) is 4.98 Å². The van der Waals surface area contributed by atoms with Gasteiger partial charge in [-0.1, -0.05) is 12.1 Å². The molecule has 2 aromatic rings. The van der Waals surface area contributed by atoms with Gasteiger partial charge in [-0.25, -0.2) is 4.98 Å². The van der Waals surface area contributed by atoms with Crippen LogP contribution in [0.1, 0.15) is 5.69 Å². The molecule has 1 aromatic carbocycles. The van der Waals surface area contributed by atoms with Crippen LogP contribution in [0.2, 0.25) is 0 Å². The van der Waals surface area contributed by atoms with Crippen LogP contribution in [0, 0.1) is 11.3 Å². The summed E-state index contributed by atoms with van der Waals surface area (Å²) in [7, 11) is 0. The van der Waals surface area contributed by atoms with Crippen molar-refractivity contribution in [1.29, 1.82) is 5.26 Å². The van der Waals surface area contributed by atoms with E-state index >= 15 is 0 Å². The Balaban J connectivity index is 2.45. The summed E-state index contributed by atoms with van der Waals surface area (Å²) >= 11 is 1.45. The first-order valence-electron chi connectivity index (χ1n) is 4.01. The number of nitriles is 1. The van der Waals surface area contributed by atoms with Crippen molar-refractivity contribution in [2.75, 3.05) is 5.73 Å². The van der Waals surface area contributed by atoms with Gasteiger partial charge in [0.05, 0.1) is 0 Å². The molecule has 4 heteroatoms. The molecule has 3 nitrogen and oxygen atoms in total. The maximum absolute atomic E-state index is 8.62. The van der Waals surface area contributed by atoms with Crippen LogP contribution in [0.25, 0.3) is 10.6 Å². The van der Waals surface area contributed by atoms with Crippen molar-refractivity contribution in [3.63, 3.8) is 0 Å². The molecule has 68 valence electrons. The summed E-state index contributed by atoms with van der Waals surface area (Å²) < 4.78 is 0.